The molecule has 1 N–H and O–H groups in total. The van der Waals surface area contributed by atoms with Crippen molar-refractivity contribution < 1.29 is 13.2 Å². The third kappa shape index (κ3) is 2.54. The second kappa shape index (κ2) is 4.81. The first-order valence-electron chi connectivity index (χ1n) is 6.58. The van der Waals surface area contributed by atoms with Crippen LogP contribution in [0.15, 0.2) is 0 Å². The van der Waals surface area contributed by atoms with Gasteiger partial charge in [0, 0.05) is 13.1 Å². The van der Waals surface area contributed by atoms with Gasteiger partial charge in [-0.05, 0) is 33.2 Å². The van der Waals surface area contributed by atoms with E-state index in [-0.39, 0.29) is 17.7 Å². The summed E-state index contributed by atoms with van der Waals surface area (Å²) in [5.41, 5.74) is 0. The van der Waals surface area contributed by atoms with E-state index < -0.39 is 14.6 Å². The molecule has 0 saturated carbocycles. The Balaban J connectivity index is 2.05. The van der Waals surface area contributed by atoms with Gasteiger partial charge in [-0.25, -0.2) is 8.42 Å². The second-order valence-electron chi connectivity index (χ2n) is 5.84. The van der Waals surface area contributed by atoms with Crippen LogP contribution in [0.25, 0.3) is 0 Å². The third-order valence-corrected chi connectivity index (χ3v) is 6.50. The maximum absolute atomic E-state index is 12.3. The first-order valence-corrected chi connectivity index (χ1v) is 8.23. The summed E-state index contributed by atoms with van der Waals surface area (Å²) >= 11 is 0. The molecule has 2 aliphatic heterocycles. The summed E-state index contributed by atoms with van der Waals surface area (Å²) in [6.45, 7) is 4.94. The Kier molecular flexibility index (Phi) is 3.69. The van der Waals surface area contributed by atoms with E-state index in [2.05, 4.69) is 5.32 Å². The summed E-state index contributed by atoms with van der Waals surface area (Å²) in [7, 11) is -3.07. The van der Waals surface area contributed by atoms with Crippen LogP contribution in [0.2, 0.25) is 0 Å². The van der Waals surface area contributed by atoms with Crippen molar-refractivity contribution in [2.45, 2.75) is 43.9 Å². The molecule has 1 atom stereocenters. The molecule has 18 heavy (non-hydrogen) atoms. The van der Waals surface area contributed by atoms with E-state index >= 15 is 0 Å². The van der Waals surface area contributed by atoms with Gasteiger partial charge in [-0.15, -0.1) is 0 Å². The van der Waals surface area contributed by atoms with Gasteiger partial charge in [0.25, 0.3) is 0 Å². The highest BCUT2D eigenvalue weighted by Gasteiger charge is 2.42. The van der Waals surface area contributed by atoms with Crippen molar-refractivity contribution in [2.24, 2.45) is 0 Å². The number of amides is 1. The first-order chi connectivity index (χ1) is 8.33. The summed E-state index contributed by atoms with van der Waals surface area (Å²) in [5.74, 6) is 0.149. The van der Waals surface area contributed by atoms with Crippen molar-refractivity contribution in [1.29, 1.82) is 0 Å². The quantitative estimate of drug-likeness (QED) is 0.740. The number of nitrogens with zero attached hydrogens (tertiary/aromatic N) is 1. The lowest BCUT2D eigenvalue weighted by Gasteiger charge is -2.39. The fraction of sp³-hybridized carbons (Fsp3) is 0.917. The Morgan fingerprint density at radius 2 is 2.06 bits per heavy atom. The van der Waals surface area contributed by atoms with Crippen LogP contribution in [0.1, 0.15) is 33.1 Å². The Morgan fingerprint density at radius 3 is 2.61 bits per heavy atom. The van der Waals surface area contributed by atoms with Crippen LogP contribution >= 0.6 is 0 Å². The van der Waals surface area contributed by atoms with E-state index in [4.69, 9.17) is 0 Å². The maximum Gasteiger partial charge on any atom is 0.239 e. The Hall–Kier alpha value is -0.620. The molecule has 0 spiro atoms. The Labute approximate surface area is 109 Å². The fourth-order valence-corrected chi connectivity index (χ4v) is 3.98. The average Bonchev–Trinajstić information content (AvgIpc) is 2.33. The molecule has 2 aliphatic rings. The molecule has 2 fully saturated rings. The first kappa shape index (κ1) is 13.8. The minimum Gasteiger partial charge on any atom is -0.339 e. The van der Waals surface area contributed by atoms with Crippen LogP contribution < -0.4 is 5.32 Å². The van der Waals surface area contributed by atoms with Crippen molar-refractivity contribution in [3.8, 4) is 0 Å². The lowest BCUT2D eigenvalue weighted by atomic mass is 10.0. The van der Waals surface area contributed by atoms with E-state index in [1.165, 1.54) is 0 Å². The molecule has 2 heterocycles. The maximum atomic E-state index is 12.3. The van der Waals surface area contributed by atoms with Gasteiger partial charge < -0.3 is 10.2 Å². The van der Waals surface area contributed by atoms with Gasteiger partial charge in [0.2, 0.25) is 5.91 Å². The highest BCUT2D eigenvalue weighted by atomic mass is 32.2. The summed E-state index contributed by atoms with van der Waals surface area (Å²) in [5, 5.41) is 3.22. The molecule has 0 aliphatic carbocycles. The zero-order chi connectivity index (χ0) is 13.4. The number of sulfone groups is 1. The predicted octanol–water partition coefficient (Wildman–Crippen LogP) is 0.164. The molecule has 0 aromatic rings. The van der Waals surface area contributed by atoms with Crippen LogP contribution in [-0.2, 0) is 14.6 Å². The van der Waals surface area contributed by atoms with Crippen LogP contribution in [0.5, 0.6) is 0 Å². The van der Waals surface area contributed by atoms with Crippen molar-refractivity contribution >= 4 is 15.7 Å². The Bertz CT molecular complexity index is 425. The molecule has 2 rings (SSSR count). The van der Waals surface area contributed by atoms with Gasteiger partial charge in [0.1, 0.15) is 0 Å². The predicted molar refractivity (Wildman–Crippen MR) is 70.1 cm³/mol. The standard InChI is InChI=1S/C12H22N2O3S/c1-12(2)9-14(7-8-18(12,16)17)11(15)10-5-3-4-6-13-10/h10,13H,3-9H2,1-2H3. The third-order valence-electron chi connectivity index (χ3n) is 3.96. The van der Waals surface area contributed by atoms with E-state index in [0.717, 1.165) is 25.8 Å². The average molecular weight is 274 g/mol. The SMILES string of the molecule is CC1(C)CN(C(=O)C2CCCCN2)CCS1(=O)=O. The summed E-state index contributed by atoms with van der Waals surface area (Å²) in [6, 6.07) is -0.115. The zero-order valence-electron chi connectivity index (χ0n) is 11.1. The van der Waals surface area contributed by atoms with E-state index in [0.29, 0.717) is 13.1 Å². The minimum atomic E-state index is -3.07. The zero-order valence-corrected chi connectivity index (χ0v) is 11.9. The van der Waals surface area contributed by atoms with E-state index in [1.807, 2.05) is 0 Å². The molecule has 6 heteroatoms. The molecular weight excluding hydrogens is 252 g/mol. The lowest BCUT2D eigenvalue weighted by molar-refractivity contribution is -0.134. The number of carbonyl (C=O) groups excluding carboxylic acids is 1. The van der Waals surface area contributed by atoms with Crippen LogP contribution in [-0.4, -0.2) is 55.4 Å². The molecule has 2 saturated heterocycles. The summed E-state index contributed by atoms with van der Waals surface area (Å²) in [4.78, 5) is 14.0. The van der Waals surface area contributed by atoms with Gasteiger partial charge in [-0.2, -0.15) is 0 Å². The second-order valence-corrected chi connectivity index (χ2v) is 8.58. The molecule has 1 amide bonds. The molecule has 5 nitrogen and oxygen atoms in total. The number of nitrogens with one attached hydrogen (secondary N) is 1. The Morgan fingerprint density at radius 1 is 1.33 bits per heavy atom. The van der Waals surface area contributed by atoms with Crippen LogP contribution in [0.3, 0.4) is 0 Å². The number of carbonyl (C=O) groups is 1. The normalized spacial score (nSPS) is 31.0. The van der Waals surface area contributed by atoms with Crippen molar-refractivity contribution in [3.63, 3.8) is 0 Å². The van der Waals surface area contributed by atoms with Gasteiger partial charge in [-0.3, -0.25) is 4.79 Å². The van der Waals surface area contributed by atoms with E-state index in [9.17, 15) is 13.2 Å². The molecule has 0 aromatic carbocycles. The monoisotopic (exact) mass is 274 g/mol. The largest absolute Gasteiger partial charge is 0.339 e. The van der Waals surface area contributed by atoms with Crippen molar-refractivity contribution in [1.82, 2.24) is 10.2 Å². The molecular formula is C12H22N2O3S. The molecule has 0 aromatic heterocycles. The van der Waals surface area contributed by atoms with Crippen LogP contribution in [0.4, 0.5) is 0 Å². The highest BCUT2D eigenvalue weighted by Crippen LogP contribution is 2.24. The molecule has 104 valence electrons. The smallest absolute Gasteiger partial charge is 0.239 e. The van der Waals surface area contributed by atoms with Gasteiger partial charge in [0.15, 0.2) is 9.84 Å². The van der Waals surface area contributed by atoms with Crippen molar-refractivity contribution in [3.05, 3.63) is 0 Å². The number of rotatable bonds is 1. The summed E-state index contributed by atoms with van der Waals surface area (Å²) in [6.07, 6.45) is 3.05. The van der Waals surface area contributed by atoms with Crippen molar-refractivity contribution in [2.75, 3.05) is 25.4 Å². The highest BCUT2D eigenvalue weighted by molar-refractivity contribution is 7.92. The topological polar surface area (TPSA) is 66.5 Å². The van der Waals surface area contributed by atoms with Gasteiger partial charge in [0.05, 0.1) is 16.5 Å². The fourth-order valence-electron chi connectivity index (χ4n) is 2.61. The lowest BCUT2D eigenvalue weighted by Crippen LogP contribution is -2.58. The van der Waals surface area contributed by atoms with E-state index in [1.54, 1.807) is 18.7 Å². The number of hydrogen-bond donors (Lipinski definition) is 1. The summed E-state index contributed by atoms with van der Waals surface area (Å²) < 4.78 is 23.0. The molecule has 0 radical (unpaired) electrons. The van der Waals surface area contributed by atoms with Crippen LogP contribution in [0, 0.1) is 0 Å². The molecule has 1 unspecified atom stereocenters. The number of piperidine rings is 1. The van der Waals surface area contributed by atoms with Gasteiger partial charge in [-0.1, -0.05) is 6.42 Å². The molecule has 0 bridgehead atoms. The minimum absolute atomic E-state index is 0.0673. The van der Waals surface area contributed by atoms with Gasteiger partial charge >= 0.3 is 0 Å². The number of hydrogen-bond acceptors (Lipinski definition) is 4.